The van der Waals surface area contributed by atoms with Gasteiger partial charge in [0.25, 0.3) is 0 Å². The molecule has 4 rings (SSSR count). The Morgan fingerprint density at radius 2 is 0.847 bits per heavy atom. The number of rotatable bonds is 24. The van der Waals surface area contributed by atoms with Crippen LogP contribution in [0.2, 0.25) is 0 Å². The van der Waals surface area contributed by atoms with E-state index in [9.17, 15) is 56.2 Å². The molecule has 0 spiro atoms. The van der Waals surface area contributed by atoms with Gasteiger partial charge in [-0.1, -0.05) is 90.4 Å². The van der Waals surface area contributed by atoms with Gasteiger partial charge < -0.3 is 94.1 Å². The number of ether oxygens (including phenoxy) is 8. The second kappa shape index (κ2) is 25.5. The van der Waals surface area contributed by atoms with Gasteiger partial charge in [-0.15, -0.1) is 0 Å². The van der Waals surface area contributed by atoms with E-state index >= 15 is 0 Å². The van der Waals surface area contributed by atoms with Gasteiger partial charge in [-0.05, 0) is 20.3 Å². The lowest BCUT2D eigenvalue weighted by Gasteiger charge is -2.48. The fourth-order valence-corrected chi connectivity index (χ4v) is 7.92. The molecule has 0 saturated carbocycles. The van der Waals surface area contributed by atoms with E-state index in [1.165, 1.54) is 78.1 Å². The Morgan fingerprint density at radius 1 is 0.390 bits per heavy atom. The normalized spacial score (nSPS) is 43.2. The van der Waals surface area contributed by atoms with E-state index in [0.29, 0.717) is 6.42 Å². The molecule has 59 heavy (non-hydrogen) atoms. The van der Waals surface area contributed by atoms with Crippen molar-refractivity contribution in [2.75, 3.05) is 19.8 Å². The van der Waals surface area contributed by atoms with E-state index in [4.69, 9.17) is 37.9 Å². The molecular weight excluding hydrogens is 784 g/mol. The molecule has 0 aromatic rings. The van der Waals surface area contributed by atoms with Gasteiger partial charge in [0.15, 0.2) is 25.2 Å². The van der Waals surface area contributed by atoms with Gasteiger partial charge in [0.2, 0.25) is 0 Å². The molecule has 19 heteroatoms. The van der Waals surface area contributed by atoms with Crippen molar-refractivity contribution in [2.24, 2.45) is 0 Å². The zero-order valence-electron chi connectivity index (χ0n) is 34.8. The van der Waals surface area contributed by atoms with Crippen LogP contribution < -0.4 is 0 Å². The first-order valence-electron chi connectivity index (χ1n) is 21.8. The van der Waals surface area contributed by atoms with Crippen LogP contribution in [0.5, 0.6) is 0 Å². The Morgan fingerprint density at radius 3 is 1.44 bits per heavy atom. The number of unbranched alkanes of at least 4 members (excludes halogenated alkanes) is 13. The van der Waals surface area contributed by atoms with Crippen LogP contribution in [0.15, 0.2) is 0 Å². The zero-order valence-corrected chi connectivity index (χ0v) is 34.8. The van der Waals surface area contributed by atoms with Crippen molar-refractivity contribution in [1.82, 2.24) is 0 Å². The van der Waals surface area contributed by atoms with Crippen LogP contribution in [0.1, 0.15) is 111 Å². The fourth-order valence-electron chi connectivity index (χ4n) is 7.92. The molecule has 4 heterocycles. The minimum atomic E-state index is -1.85. The maximum Gasteiger partial charge on any atom is 0.187 e. The SMILES string of the molecule is CCCCCCCCCCCCCCCCO[C@H]1O[C@H](CO[C@H]2O[C@H](C)[C@@H](O)[C@@H](O[C@@H]3O[C@H](CO)[C@@H](O)[C@@H](O)[C@H]3O[C@@H]3O[C@H](C)[C@@H](O)[C@@H](O)[C@H]3O)[C@H]2O)[C@@H](O)[C@@H](O)[C@H]1O. The fraction of sp³-hybridized carbons (Fsp3) is 1.00. The van der Waals surface area contributed by atoms with E-state index in [1.807, 2.05) is 0 Å². The van der Waals surface area contributed by atoms with Crippen LogP contribution in [0.4, 0.5) is 0 Å². The lowest BCUT2D eigenvalue weighted by Crippen LogP contribution is -2.66. The summed E-state index contributed by atoms with van der Waals surface area (Å²) >= 11 is 0. The summed E-state index contributed by atoms with van der Waals surface area (Å²) in [7, 11) is 0. The molecule has 0 aliphatic carbocycles. The molecule has 0 aromatic carbocycles. The molecule has 20 atom stereocenters. The van der Waals surface area contributed by atoms with Gasteiger partial charge in [0, 0.05) is 6.61 Å². The van der Waals surface area contributed by atoms with Crippen LogP contribution in [0, 0.1) is 0 Å². The molecular formula is C40H74O19. The molecule has 11 N–H and O–H groups in total. The van der Waals surface area contributed by atoms with Gasteiger partial charge >= 0.3 is 0 Å². The summed E-state index contributed by atoms with van der Waals surface area (Å²) in [5.41, 5.74) is 0. The largest absolute Gasteiger partial charge is 0.394 e. The summed E-state index contributed by atoms with van der Waals surface area (Å²) in [6, 6.07) is 0. The zero-order chi connectivity index (χ0) is 43.2. The number of hydrogen-bond donors (Lipinski definition) is 11. The number of aliphatic hydroxyl groups is 11. The van der Waals surface area contributed by atoms with E-state index in [1.54, 1.807) is 0 Å². The second-order valence-electron chi connectivity index (χ2n) is 16.6. The summed E-state index contributed by atoms with van der Waals surface area (Å²) in [6.45, 7) is 4.06. The van der Waals surface area contributed by atoms with E-state index in [-0.39, 0.29) is 6.61 Å². The Kier molecular flexibility index (Phi) is 22.0. The second-order valence-corrected chi connectivity index (χ2v) is 16.6. The van der Waals surface area contributed by atoms with Crippen molar-refractivity contribution >= 4 is 0 Å². The van der Waals surface area contributed by atoms with Crippen molar-refractivity contribution in [1.29, 1.82) is 0 Å². The molecule has 19 nitrogen and oxygen atoms in total. The van der Waals surface area contributed by atoms with E-state index in [2.05, 4.69) is 6.92 Å². The van der Waals surface area contributed by atoms with Gasteiger partial charge in [-0.25, -0.2) is 0 Å². The predicted octanol–water partition coefficient (Wildman–Crippen LogP) is -1.19. The van der Waals surface area contributed by atoms with Crippen molar-refractivity contribution in [3.63, 3.8) is 0 Å². The topological polar surface area (TPSA) is 296 Å². The van der Waals surface area contributed by atoms with Gasteiger partial charge in [-0.3, -0.25) is 0 Å². The average Bonchev–Trinajstić information content (AvgIpc) is 3.22. The van der Waals surface area contributed by atoms with Gasteiger partial charge in [-0.2, -0.15) is 0 Å². The predicted molar refractivity (Wildman–Crippen MR) is 205 cm³/mol. The summed E-state index contributed by atoms with van der Waals surface area (Å²) < 4.78 is 45.8. The quantitative estimate of drug-likeness (QED) is 0.0509. The lowest BCUT2D eigenvalue weighted by molar-refractivity contribution is -0.388. The summed E-state index contributed by atoms with van der Waals surface area (Å²) in [6.07, 6.45) is -14.3. The molecule has 0 radical (unpaired) electrons. The maximum atomic E-state index is 11.3. The Hall–Kier alpha value is -0.760. The minimum Gasteiger partial charge on any atom is -0.394 e. The smallest absolute Gasteiger partial charge is 0.187 e. The first-order chi connectivity index (χ1) is 28.2. The van der Waals surface area contributed by atoms with Crippen LogP contribution in [0.3, 0.4) is 0 Å². The molecule has 4 fully saturated rings. The highest BCUT2D eigenvalue weighted by molar-refractivity contribution is 4.96. The third kappa shape index (κ3) is 14.1. The van der Waals surface area contributed by atoms with Crippen molar-refractivity contribution in [3.8, 4) is 0 Å². The number of hydrogen-bond acceptors (Lipinski definition) is 19. The number of aliphatic hydroxyl groups excluding tert-OH is 11. The van der Waals surface area contributed by atoms with E-state index in [0.717, 1.165) is 19.3 Å². The highest BCUT2D eigenvalue weighted by atomic mass is 16.8. The molecule has 4 saturated heterocycles. The van der Waals surface area contributed by atoms with E-state index < -0.39 is 136 Å². The van der Waals surface area contributed by atoms with Crippen LogP contribution in [-0.2, 0) is 37.9 Å². The molecule has 0 aromatic heterocycles. The van der Waals surface area contributed by atoms with Crippen molar-refractivity contribution in [2.45, 2.75) is 233 Å². The highest BCUT2D eigenvalue weighted by Gasteiger charge is 2.54. The van der Waals surface area contributed by atoms with Crippen molar-refractivity contribution < 1.29 is 94.1 Å². The lowest BCUT2D eigenvalue weighted by atomic mass is 9.96. The standard InChI is InChI=1S/C40H74O19/c1-4-5-6-7-8-9-10-11-12-13-14-15-16-17-18-52-37-32(49)30(47)28(45)24(57-37)20-53-38-34(51)35(26(43)22(3)54-38)58-40-36(31(48)27(44)23(19-41)56-40)59-39-33(50)29(46)25(42)21(2)55-39/h21-51H,4-20H2,1-3H3/t21-,22-,23-,24-,25-,26-,27-,28-,29-,30-,31-,32-,33-,34-,35-,36-,37+,38+,39+,40+/m1/s1. The monoisotopic (exact) mass is 858 g/mol. The first kappa shape index (κ1) is 50.9. The Bertz CT molecular complexity index is 1140. The maximum absolute atomic E-state index is 11.3. The molecule has 4 aliphatic rings. The molecule has 4 aliphatic heterocycles. The first-order valence-corrected chi connectivity index (χ1v) is 21.8. The Labute approximate surface area is 347 Å². The van der Waals surface area contributed by atoms with Crippen LogP contribution in [0.25, 0.3) is 0 Å². The van der Waals surface area contributed by atoms with Crippen LogP contribution >= 0.6 is 0 Å². The third-order valence-corrected chi connectivity index (χ3v) is 11.9. The molecule has 0 amide bonds. The summed E-state index contributed by atoms with van der Waals surface area (Å²) in [5, 5.41) is 117. The molecule has 0 bridgehead atoms. The summed E-state index contributed by atoms with van der Waals surface area (Å²) in [5.74, 6) is 0. The minimum absolute atomic E-state index is 0.249. The highest BCUT2D eigenvalue weighted by Crippen LogP contribution is 2.34. The third-order valence-electron chi connectivity index (χ3n) is 11.9. The Balaban J connectivity index is 1.26. The van der Waals surface area contributed by atoms with Gasteiger partial charge in [0.1, 0.15) is 85.5 Å². The average molecular weight is 859 g/mol. The van der Waals surface area contributed by atoms with Crippen molar-refractivity contribution in [3.05, 3.63) is 0 Å². The molecule has 348 valence electrons. The summed E-state index contributed by atoms with van der Waals surface area (Å²) in [4.78, 5) is 0. The molecule has 0 unspecified atom stereocenters. The van der Waals surface area contributed by atoms with Crippen LogP contribution in [-0.4, -0.2) is 199 Å². The van der Waals surface area contributed by atoms with Gasteiger partial charge in [0.05, 0.1) is 25.4 Å².